The van der Waals surface area contributed by atoms with Crippen LogP contribution in [0, 0.1) is 0 Å². The summed E-state index contributed by atoms with van der Waals surface area (Å²) in [5, 5.41) is 2.94. The molecule has 0 radical (unpaired) electrons. The number of hydrogen-bond acceptors (Lipinski definition) is 5. The molecule has 1 N–H and O–H groups in total. The molecule has 25 heavy (non-hydrogen) atoms. The zero-order valence-electron chi connectivity index (χ0n) is 14.7. The first-order chi connectivity index (χ1) is 11.9. The number of rotatable bonds is 6. The van der Waals surface area contributed by atoms with Crippen LogP contribution in [0.4, 0.5) is 0 Å². The minimum atomic E-state index is -2.89. The van der Waals surface area contributed by atoms with Crippen molar-refractivity contribution in [3.05, 3.63) is 29.3 Å². The van der Waals surface area contributed by atoms with Crippen LogP contribution in [0.15, 0.2) is 18.2 Å². The highest BCUT2D eigenvalue weighted by molar-refractivity contribution is 7.91. The Morgan fingerprint density at radius 3 is 3.00 bits per heavy atom. The van der Waals surface area contributed by atoms with Crippen molar-refractivity contribution in [3.8, 4) is 5.75 Å². The molecular weight excluding hydrogens is 340 g/mol. The number of benzene rings is 1. The van der Waals surface area contributed by atoms with Crippen LogP contribution >= 0.6 is 0 Å². The molecular formula is C18H26N2O4S. The van der Waals surface area contributed by atoms with Crippen LogP contribution in [0.5, 0.6) is 5.75 Å². The van der Waals surface area contributed by atoms with Gasteiger partial charge in [-0.3, -0.25) is 4.79 Å². The lowest BCUT2D eigenvalue weighted by atomic mass is 10.0. The van der Waals surface area contributed by atoms with Gasteiger partial charge in [-0.05, 0) is 43.5 Å². The molecule has 1 amide bonds. The molecule has 1 aromatic rings. The number of carbonyl (C=O) groups is 1. The van der Waals surface area contributed by atoms with Crippen LogP contribution in [0.3, 0.4) is 0 Å². The van der Waals surface area contributed by atoms with Gasteiger partial charge in [0.25, 0.3) is 0 Å². The molecule has 2 heterocycles. The van der Waals surface area contributed by atoms with Gasteiger partial charge < -0.3 is 15.0 Å². The van der Waals surface area contributed by atoms with Gasteiger partial charge in [-0.2, -0.15) is 0 Å². The first-order valence-electron chi connectivity index (χ1n) is 8.85. The largest absolute Gasteiger partial charge is 0.493 e. The fourth-order valence-corrected chi connectivity index (χ4v) is 5.20. The van der Waals surface area contributed by atoms with Gasteiger partial charge in [-0.25, -0.2) is 8.42 Å². The van der Waals surface area contributed by atoms with Gasteiger partial charge in [-0.15, -0.1) is 0 Å². The number of nitrogens with zero attached hydrogens (tertiary/aromatic N) is 1. The van der Waals surface area contributed by atoms with Crippen LogP contribution in [-0.4, -0.2) is 57.0 Å². The highest BCUT2D eigenvalue weighted by atomic mass is 32.2. The Bertz CT molecular complexity index is 733. The molecule has 0 aromatic heterocycles. The van der Waals surface area contributed by atoms with Gasteiger partial charge in [0.2, 0.25) is 5.91 Å². The Morgan fingerprint density at radius 1 is 1.40 bits per heavy atom. The van der Waals surface area contributed by atoms with Crippen molar-refractivity contribution in [3.63, 3.8) is 0 Å². The van der Waals surface area contributed by atoms with E-state index in [-0.39, 0.29) is 23.5 Å². The SMILES string of the molecule is CN(CCC(=O)NCc1ccc2c(c1)CCCO2)C1CCS(=O)(=O)C1. The van der Waals surface area contributed by atoms with Gasteiger partial charge in [0.1, 0.15) is 5.75 Å². The van der Waals surface area contributed by atoms with Crippen molar-refractivity contribution in [1.29, 1.82) is 0 Å². The van der Waals surface area contributed by atoms with E-state index in [9.17, 15) is 13.2 Å². The van der Waals surface area contributed by atoms with Gasteiger partial charge in [0, 0.05) is 25.6 Å². The van der Waals surface area contributed by atoms with E-state index in [1.807, 2.05) is 24.1 Å². The minimum absolute atomic E-state index is 0.0123. The number of carbonyl (C=O) groups excluding carboxylic acids is 1. The molecule has 138 valence electrons. The van der Waals surface area contributed by atoms with Crippen molar-refractivity contribution < 1.29 is 17.9 Å². The molecule has 0 bridgehead atoms. The maximum Gasteiger partial charge on any atom is 0.221 e. The summed E-state index contributed by atoms with van der Waals surface area (Å²) in [7, 11) is -0.994. The normalized spacial score (nSPS) is 21.6. The van der Waals surface area contributed by atoms with Crippen LogP contribution in [0.1, 0.15) is 30.4 Å². The zero-order chi connectivity index (χ0) is 17.9. The summed E-state index contributed by atoms with van der Waals surface area (Å²) in [6.45, 7) is 1.86. The predicted octanol–water partition coefficient (Wildman–Crippen LogP) is 1.14. The number of hydrogen-bond donors (Lipinski definition) is 1. The fraction of sp³-hybridized carbons (Fsp3) is 0.611. The Hall–Kier alpha value is -1.60. The van der Waals surface area contributed by atoms with E-state index in [2.05, 4.69) is 11.4 Å². The van der Waals surface area contributed by atoms with Crippen LogP contribution < -0.4 is 10.1 Å². The van der Waals surface area contributed by atoms with E-state index >= 15 is 0 Å². The number of nitrogens with one attached hydrogen (secondary N) is 1. The van der Waals surface area contributed by atoms with Crippen molar-refractivity contribution in [2.75, 3.05) is 31.7 Å². The van der Waals surface area contributed by atoms with E-state index < -0.39 is 9.84 Å². The van der Waals surface area contributed by atoms with Crippen LogP contribution in [0.25, 0.3) is 0 Å². The lowest BCUT2D eigenvalue weighted by Gasteiger charge is -2.22. The predicted molar refractivity (Wildman–Crippen MR) is 96.4 cm³/mol. The third-order valence-corrected chi connectivity index (χ3v) is 6.74. The lowest BCUT2D eigenvalue weighted by molar-refractivity contribution is -0.121. The van der Waals surface area contributed by atoms with Crippen LogP contribution in [0.2, 0.25) is 0 Å². The number of aryl methyl sites for hydroxylation is 1. The average molecular weight is 366 g/mol. The fourth-order valence-electron chi connectivity index (χ4n) is 3.40. The summed E-state index contributed by atoms with van der Waals surface area (Å²) in [6.07, 6.45) is 3.09. The minimum Gasteiger partial charge on any atom is -0.493 e. The molecule has 0 spiro atoms. The summed E-state index contributed by atoms with van der Waals surface area (Å²) in [4.78, 5) is 14.1. The molecule has 1 aromatic carbocycles. The van der Waals surface area contributed by atoms with E-state index in [1.54, 1.807) is 0 Å². The van der Waals surface area contributed by atoms with E-state index in [0.29, 0.717) is 25.9 Å². The standard InChI is InChI=1S/C18H26N2O4S/c1-20(16-7-10-25(22,23)13-16)8-6-18(21)19-12-14-4-5-17-15(11-14)3-2-9-24-17/h4-5,11,16H,2-3,6-10,12-13H2,1H3,(H,19,21). The topological polar surface area (TPSA) is 75.7 Å². The first kappa shape index (κ1) is 18.2. The van der Waals surface area contributed by atoms with E-state index in [4.69, 9.17) is 4.74 Å². The van der Waals surface area contributed by atoms with Gasteiger partial charge >= 0.3 is 0 Å². The maximum atomic E-state index is 12.1. The molecule has 1 atom stereocenters. The van der Waals surface area contributed by atoms with E-state index in [0.717, 1.165) is 30.8 Å². The first-order valence-corrected chi connectivity index (χ1v) is 10.7. The van der Waals surface area contributed by atoms with Crippen molar-refractivity contribution in [1.82, 2.24) is 10.2 Å². The van der Waals surface area contributed by atoms with Gasteiger partial charge in [-0.1, -0.05) is 12.1 Å². The summed E-state index contributed by atoms with van der Waals surface area (Å²) in [5.41, 5.74) is 2.29. The van der Waals surface area contributed by atoms with Crippen molar-refractivity contribution in [2.45, 2.75) is 38.3 Å². The van der Waals surface area contributed by atoms with Crippen LogP contribution in [-0.2, 0) is 27.6 Å². The second kappa shape index (κ2) is 7.74. The molecule has 1 unspecified atom stereocenters. The smallest absolute Gasteiger partial charge is 0.221 e. The number of fused-ring (bicyclic) bond motifs is 1. The Labute approximate surface area is 149 Å². The zero-order valence-corrected chi connectivity index (χ0v) is 15.5. The van der Waals surface area contributed by atoms with E-state index in [1.165, 1.54) is 5.56 Å². The molecule has 3 rings (SSSR count). The Morgan fingerprint density at radius 2 is 2.24 bits per heavy atom. The molecule has 1 fully saturated rings. The number of sulfone groups is 1. The number of ether oxygens (including phenoxy) is 1. The Balaban J connectivity index is 1.42. The summed E-state index contributed by atoms with van der Waals surface area (Å²) in [5.74, 6) is 1.41. The monoisotopic (exact) mass is 366 g/mol. The second-order valence-electron chi connectivity index (χ2n) is 6.96. The molecule has 2 aliphatic heterocycles. The molecule has 0 aliphatic carbocycles. The molecule has 2 aliphatic rings. The molecule has 0 saturated carbocycles. The highest BCUT2D eigenvalue weighted by Gasteiger charge is 2.30. The van der Waals surface area contributed by atoms with Gasteiger partial charge in [0.15, 0.2) is 9.84 Å². The van der Waals surface area contributed by atoms with Crippen molar-refractivity contribution in [2.24, 2.45) is 0 Å². The third kappa shape index (κ3) is 4.95. The Kier molecular flexibility index (Phi) is 5.64. The average Bonchev–Trinajstić information content (AvgIpc) is 2.97. The number of amides is 1. The summed E-state index contributed by atoms with van der Waals surface area (Å²) in [6, 6.07) is 6.10. The second-order valence-corrected chi connectivity index (χ2v) is 9.19. The summed E-state index contributed by atoms with van der Waals surface area (Å²) >= 11 is 0. The highest BCUT2D eigenvalue weighted by Crippen LogP contribution is 2.25. The van der Waals surface area contributed by atoms with Gasteiger partial charge in [0.05, 0.1) is 18.1 Å². The maximum absolute atomic E-state index is 12.1. The third-order valence-electron chi connectivity index (χ3n) is 4.99. The molecule has 7 heteroatoms. The quantitative estimate of drug-likeness (QED) is 0.817. The molecule has 1 saturated heterocycles. The molecule has 6 nitrogen and oxygen atoms in total. The summed E-state index contributed by atoms with van der Waals surface area (Å²) < 4.78 is 28.7. The van der Waals surface area contributed by atoms with Crippen molar-refractivity contribution >= 4 is 15.7 Å². The lowest BCUT2D eigenvalue weighted by Crippen LogP contribution is -2.36.